The van der Waals surface area contributed by atoms with Gasteiger partial charge >= 0.3 is 5.97 Å². The van der Waals surface area contributed by atoms with Crippen LogP contribution in [0.25, 0.3) is 0 Å². The van der Waals surface area contributed by atoms with E-state index >= 15 is 0 Å². The molecule has 29 heavy (non-hydrogen) atoms. The Morgan fingerprint density at radius 2 is 1.83 bits per heavy atom. The van der Waals surface area contributed by atoms with Crippen molar-refractivity contribution in [1.29, 1.82) is 0 Å². The van der Waals surface area contributed by atoms with Crippen LogP contribution < -0.4 is 9.47 Å². The van der Waals surface area contributed by atoms with Crippen LogP contribution in [0, 0.1) is 0 Å². The molecule has 0 aromatic heterocycles. The molecule has 2 atom stereocenters. The average molecular weight is 400 g/mol. The molecule has 2 aromatic carbocycles. The Morgan fingerprint density at radius 3 is 2.45 bits per heavy atom. The molecule has 0 spiro atoms. The lowest BCUT2D eigenvalue weighted by molar-refractivity contribution is -0.273. The van der Waals surface area contributed by atoms with Gasteiger partial charge in [-0.2, -0.15) is 0 Å². The molecule has 0 amide bonds. The summed E-state index contributed by atoms with van der Waals surface area (Å²) in [6.45, 7) is 6.54. The standard InChI is InChI=1S/C23H28O6/c1-15-13-23(2,3)29-22(28-15)18-10-11-19(20(12-18)25-4)27-14-16-6-8-17(9-7-16)21(24)26-5/h6-12,15,22H,13-14H2,1-5H3. The Balaban J connectivity index is 1.70. The molecule has 6 nitrogen and oxygen atoms in total. The van der Waals surface area contributed by atoms with Crippen LogP contribution in [0.2, 0.25) is 0 Å². The molecular weight excluding hydrogens is 372 g/mol. The van der Waals surface area contributed by atoms with E-state index in [0.29, 0.717) is 23.7 Å². The van der Waals surface area contributed by atoms with E-state index in [2.05, 4.69) is 20.8 Å². The lowest BCUT2D eigenvalue weighted by Gasteiger charge is -2.39. The molecule has 1 saturated heterocycles. The quantitative estimate of drug-likeness (QED) is 0.657. The van der Waals surface area contributed by atoms with Crippen molar-refractivity contribution >= 4 is 5.97 Å². The predicted octanol–water partition coefficient (Wildman–Crippen LogP) is 4.66. The summed E-state index contributed by atoms with van der Waals surface area (Å²) < 4.78 is 28.2. The van der Waals surface area contributed by atoms with Gasteiger partial charge in [0.05, 0.1) is 31.5 Å². The van der Waals surface area contributed by atoms with Crippen LogP contribution in [0.5, 0.6) is 11.5 Å². The first-order chi connectivity index (χ1) is 13.8. The molecule has 156 valence electrons. The number of esters is 1. The maximum absolute atomic E-state index is 11.5. The minimum Gasteiger partial charge on any atom is -0.493 e. The van der Waals surface area contributed by atoms with Gasteiger partial charge < -0.3 is 23.7 Å². The molecular formula is C23H28O6. The summed E-state index contributed by atoms with van der Waals surface area (Å²) in [4.78, 5) is 11.5. The van der Waals surface area contributed by atoms with Gasteiger partial charge in [0.2, 0.25) is 0 Å². The van der Waals surface area contributed by atoms with E-state index in [4.69, 9.17) is 23.7 Å². The topological polar surface area (TPSA) is 63.2 Å². The second kappa shape index (κ2) is 8.84. The number of benzene rings is 2. The van der Waals surface area contributed by atoms with Crippen molar-refractivity contribution in [3.63, 3.8) is 0 Å². The smallest absolute Gasteiger partial charge is 0.337 e. The second-order valence-electron chi connectivity index (χ2n) is 7.75. The molecule has 0 aliphatic carbocycles. The molecule has 3 rings (SSSR count). The van der Waals surface area contributed by atoms with Gasteiger partial charge in [0.25, 0.3) is 0 Å². The van der Waals surface area contributed by atoms with E-state index in [9.17, 15) is 4.79 Å². The number of hydrogen-bond donors (Lipinski definition) is 0. The summed E-state index contributed by atoms with van der Waals surface area (Å²) >= 11 is 0. The third-order valence-electron chi connectivity index (χ3n) is 4.79. The molecule has 6 heteroatoms. The number of carbonyl (C=O) groups is 1. The molecule has 1 aliphatic rings. The van der Waals surface area contributed by atoms with E-state index < -0.39 is 6.29 Å². The monoisotopic (exact) mass is 400 g/mol. The van der Waals surface area contributed by atoms with E-state index in [0.717, 1.165) is 17.5 Å². The molecule has 2 aromatic rings. The largest absolute Gasteiger partial charge is 0.493 e. The minimum atomic E-state index is -0.442. The normalized spacial score (nSPS) is 20.7. The van der Waals surface area contributed by atoms with Crippen molar-refractivity contribution in [1.82, 2.24) is 0 Å². The highest BCUT2D eigenvalue weighted by molar-refractivity contribution is 5.89. The highest BCUT2D eigenvalue weighted by Gasteiger charge is 2.34. The van der Waals surface area contributed by atoms with Crippen LogP contribution >= 0.6 is 0 Å². The number of hydrogen-bond acceptors (Lipinski definition) is 6. The van der Waals surface area contributed by atoms with Crippen LogP contribution in [0.15, 0.2) is 42.5 Å². The molecule has 0 N–H and O–H groups in total. The predicted molar refractivity (Wildman–Crippen MR) is 108 cm³/mol. The first-order valence-corrected chi connectivity index (χ1v) is 9.62. The summed E-state index contributed by atoms with van der Waals surface area (Å²) in [5.74, 6) is 0.868. The van der Waals surface area contributed by atoms with E-state index in [1.165, 1.54) is 7.11 Å². The molecule has 0 radical (unpaired) electrons. The summed E-state index contributed by atoms with van der Waals surface area (Å²) in [7, 11) is 2.96. The van der Waals surface area contributed by atoms with Crippen molar-refractivity contribution < 1.29 is 28.5 Å². The highest BCUT2D eigenvalue weighted by Crippen LogP contribution is 2.38. The Hall–Kier alpha value is -2.57. The maximum atomic E-state index is 11.5. The second-order valence-corrected chi connectivity index (χ2v) is 7.75. The van der Waals surface area contributed by atoms with Gasteiger partial charge in [-0.3, -0.25) is 0 Å². The Labute approximate surface area is 171 Å². The molecule has 2 unspecified atom stereocenters. The van der Waals surface area contributed by atoms with Crippen LogP contribution in [-0.4, -0.2) is 31.9 Å². The fourth-order valence-electron chi connectivity index (χ4n) is 3.43. The summed E-state index contributed by atoms with van der Waals surface area (Å²) in [5, 5.41) is 0. The number of rotatable bonds is 6. The molecule has 0 bridgehead atoms. The van der Waals surface area contributed by atoms with Crippen molar-refractivity contribution in [2.75, 3.05) is 14.2 Å². The fraction of sp³-hybridized carbons (Fsp3) is 0.435. The van der Waals surface area contributed by atoms with E-state index in [1.54, 1.807) is 19.2 Å². The van der Waals surface area contributed by atoms with E-state index in [1.807, 2.05) is 30.3 Å². The summed E-state index contributed by atoms with van der Waals surface area (Å²) in [5.41, 5.74) is 2.07. The number of carbonyl (C=O) groups excluding carboxylic acids is 1. The maximum Gasteiger partial charge on any atom is 0.337 e. The molecule has 1 heterocycles. The minimum absolute atomic E-state index is 0.110. The van der Waals surface area contributed by atoms with Crippen molar-refractivity contribution in [3.8, 4) is 11.5 Å². The van der Waals surface area contributed by atoms with Gasteiger partial charge in [-0.1, -0.05) is 18.2 Å². The number of methoxy groups -OCH3 is 2. The summed E-state index contributed by atoms with van der Waals surface area (Å²) in [6.07, 6.45) is 0.512. The van der Waals surface area contributed by atoms with Gasteiger partial charge in [0, 0.05) is 12.0 Å². The zero-order valence-corrected chi connectivity index (χ0v) is 17.6. The van der Waals surface area contributed by atoms with Gasteiger partial charge in [0.1, 0.15) is 6.61 Å². The van der Waals surface area contributed by atoms with Crippen LogP contribution in [0.1, 0.15) is 55.0 Å². The van der Waals surface area contributed by atoms with Crippen LogP contribution in [-0.2, 0) is 20.8 Å². The Morgan fingerprint density at radius 1 is 1.10 bits per heavy atom. The SMILES string of the molecule is COC(=O)c1ccc(COc2ccc(C3OC(C)CC(C)(C)O3)cc2OC)cc1. The fourth-order valence-corrected chi connectivity index (χ4v) is 3.43. The third-order valence-corrected chi connectivity index (χ3v) is 4.79. The van der Waals surface area contributed by atoms with Crippen molar-refractivity contribution in [2.45, 2.75) is 51.8 Å². The van der Waals surface area contributed by atoms with Gasteiger partial charge in [-0.15, -0.1) is 0 Å². The zero-order valence-electron chi connectivity index (χ0n) is 17.6. The van der Waals surface area contributed by atoms with Crippen LogP contribution in [0.3, 0.4) is 0 Å². The first-order valence-electron chi connectivity index (χ1n) is 9.62. The van der Waals surface area contributed by atoms with Gasteiger partial charge in [-0.25, -0.2) is 4.79 Å². The molecule has 0 saturated carbocycles. The third kappa shape index (κ3) is 5.28. The summed E-state index contributed by atoms with van der Waals surface area (Å²) in [6, 6.07) is 12.8. The van der Waals surface area contributed by atoms with Gasteiger partial charge in [0.15, 0.2) is 17.8 Å². The number of ether oxygens (including phenoxy) is 5. The van der Waals surface area contributed by atoms with Gasteiger partial charge in [-0.05, 0) is 50.6 Å². The van der Waals surface area contributed by atoms with Crippen molar-refractivity contribution in [2.24, 2.45) is 0 Å². The zero-order chi connectivity index (χ0) is 21.0. The Kier molecular flexibility index (Phi) is 6.45. The lowest BCUT2D eigenvalue weighted by Crippen LogP contribution is -2.38. The van der Waals surface area contributed by atoms with Crippen molar-refractivity contribution in [3.05, 3.63) is 59.2 Å². The van der Waals surface area contributed by atoms with Crippen LogP contribution in [0.4, 0.5) is 0 Å². The average Bonchev–Trinajstić information content (AvgIpc) is 2.70. The Bertz CT molecular complexity index is 843. The van der Waals surface area contributed by atoms with E-state index in [-0.39, 0.29) is 17.7 Å². The first kappa shape index (κ1) is 21.1. The molecule has 1 fully saturated rings. The molecule has 1 aliphatic heterocycles. The highest BCUT2D eigenvalue weighted by atomic mass is 16.7. The lowest BCUT2D eigenvalue weighted by atomic mass is 9.99.